The van der Waals surface area contributed by atoms with Crippen LogP contribution in [0.15, 0.2) is 23.7 Å². The van der Waals surface area contributed by atoms with E-state index < -0.39 is 58.9 Å². The highest BCUT2D eigenvalue weighted by atomic mass is 32.1. The van der Waals surface area contributed by atoms with Gasteiger partial charge in [0.05, 0.1) is 11.1 Å². The molecule has 24 heavy (non-hydrogen) atoms. The Bertz CT molecular complexity index is 765. The van der Waals surface area contributed by atoms with E-state index in [-0.39, 0.29) is 5.01 Å². The maximum Gasteiger partial charge on any atom is 0.336 e. The first-order chi connectivity index (χ1) is 11.3. The fourth-order valence-electron chi connectivity index (χ4n) is 1.64. The summed E-state index contributed by atoms with van der Waals surface area (Å²) in [6.45, 7) is 2.04. The van der Waals surface area contributed by atoms with Crippen molar-refractivity contribution in [2.75, 3.05) is 0 Å². The van der Waals surface area contributed by atoms with Gasteiger partial charge in [-0.3, -0.25) is 0 Å². The largest absolute Gasteiger partial charge is 0.457 e. The van der Waals surface area contributed by atoms with Crippen molar-refractivity contribution in [1.82, 2.24) is 4.98 Å². The van der Waals surface area contributed by atoms with Gasteiger partial charge in [-0.05, 0) is 0 Å². The first-order valence-electron chi connectivity index (χ1n) is 6.19. The van der Waals surface area contributed by atoms with E-state index in [4.69, 9.17) is 0 Å². The van der Waals surface area contributed by atoms with Crippen LogP contribution in [-0.4, -0.2) is 16.1 Å². The molecule has 0 amide bonds. The van der Waals surface area contributed by atoms with Crippen LogP contribution >= 0.6 is 11.3 Å². The monoisotopic (exact) mass is 365 g/mol. The fraction of sp³-hybridized carbons (Fsp3) is 0.143. The Balaban J connectivity index is 2.14. The molecule has 0 bridgehead atoms. The van der Waals surface area contributed by atoms with E-state index in [0.29, 0.717) is 0 Å². The molecule has 1 aromatic carbocycles. The number of rotatable bonds is 5. The third-order valence-electron chi connectivity index (χ3n) is 2.93. The topological polar surface area (TPSA) is 59.4 Å². The van der Waals surface area contributed by atoms with Gasteiger partial charge in [0.15, 0.2) is 23.3 Å². The third-order valence-corrected chi connectivity index (χ3v) is 3.75. The van der Waals surface area contributed by atoms with Crippen molar-refractivity contribution in [2.45, 2.75) is 12.7 Å². The number of halogens is 5. The molecule has 2 rings (SSSR count). The second-order valence-electron chi connectivity index (χ2n) is 4.42. The number of hydrogen-bond donors (Lipinski definition) is 1. The maximum absolute atomic E-state index is 13.4. The normalized spacial score (nSPS) is 12.1. The molecule has 0 radical (unpaired) electrons. The van der Waals surface area contributed by atoms with Crippen LogP contribution in [0.4, 0.5) is 22.0 Å². The van der Waals surface area contributed by atoms with Crippen molar-refractivity contribution < 1.29 is 36.6 Å². The Hall–Kier alpha value is -2.33. The Morgan fingerprint density at radius 3 is 2.21 bits per heavy atom. The van der Waals surface area contributed by atoms with Gasteiger partial charge in [-0.2, -0.15) is 0 Å². The lowest BCUT2D eigenvalue weighted by atomic mass is 10.1. The average molecular weight is 365 g/mol. The highest BCUT2D eigenvalue weighted by molar-refractivity contribution is 7.09. The lowest BCUT2D eigenvalue weighted by Gasteiger charge is -2.12. The molecular formula is C14H8F5NO3S. The number of aromatic nitrogens is 1. The van der Waals surface area contributed by atoms with Crippen LogP contribution in [0.1, 0.15) is 16.7 Å². The minimum Gasteiger partial charge on any atom is -0.457 e. The van der Waals surface area contributed by atoms with Crippen molar-refractivity contribution in [3.63, 3.8) is 0 Å². The van der Waals surface area contributed by atoms with Crippen LogP contribution < -0.4 is 0 Å². The summed E-state index contributed by atoms with van der Waals surface area (Å²) in [5.41, 5.74) is -1.81. The average Bonchev–Trinajstić information content (AvgIpc) is 3.11. The van der Waals surface area contributed by atoms with Gasteiger partial charge in [-0.25, -0.2) is 31.7 Å². The first kappa shape index (κ1) is 18.0. The van der Waals surface area contributed by atoms with Crippen molar-refractivity contribution in [3.05, 3.63) is 63.4 Å². The van der Waals surface area contributed by atoms with Crippen LogP contribution in [0.3, 0.4) is 0 Å². The number of hydrogen-bond acceptors (Lipinski definition) is 5. The Kier molecular flexibility index (Phi) is 5.30. The highest BCUT2D eigenvalue weighted by Gasteiger charge is 2.27. The molecule has 0 saturated carbocycles. The van der Waals surface area contributed by atoms with Crippen LogP contribution in [0.25, 0.3) is 0 Å². The molecular weight excluding hydrogens is 357 g/mol. The Morgan fingerprint density at radius 2 is 1.71 bits per heavy atom. The number of thiazole rings is 1. The van der Waals surface area contributed by atoms with Crippen molar-refractivity contribution in [3.8, 4) is 0 Å². The molecule has 0 aliphatic rings. The predicted molar refractivity (Wildman–Crippen MR) is 72.2 cm³/mol. The summed E-state index contributed by atoms with van der Waals surface area (Å²) in [5, 5.41) is 11.4. The molecule has 0 spiro atoms. The third kappa shape index (κ3) is 3.29. The minimum atomic E-state index is -2.32. The molecule has 4 nitrogen and oxygen atoms in total. The predicted octanol–water partition coefficient (Wildman–Crippen LogP) is 3.17. The van der Waals surface area contributed by atoms with Crippen LogP contribution in [0.5, 0.6) is 0 Å². The van der Waals surface area contributed by atoms with Gasteiger partial charge >= 0.3 is 5.97 Å². The summed E-state index contributed by atoms with van der Waals surface area (Å²) < 4.78 is 70.3. The van der Waals surface area contributed by atoms with E-state index in [1.807, 2.05) is 0 Å². The van der Waals surface area contributed by atoms with Gasteiger partial charge in [0.25, 0.3) is 0 Å². The van der Waals surface area contributed by atoms with Gasteiger partial charge in [-0.1, -0.05) is 6.58 Å². The smallest absolute Gasteiger partial charge is 0.336 e. The Morgan fingerprint density at radius 1 is 1.17 bits per heavy atom. The number of carbonyl (C=O) groups excluding carboxylic acids is 1. The second kappa shape index (κ2) is 7.05. The van der Waals surface area contributed by atoms with Crippen LogP contribution in [0, 0.1) is 29.1 Å². The molecule has 0 saturated heterocycles. The maximum atomic E-state index is 13.4. The molecule has 0 fully saturated rings. The molecule has 1 atom stereocenters. The minimum absolute atomic E-state index is 0.119. The molecule has 1 aromatic heterocycles. The van der Waals surface area contributed by atoms with E-state index in [2.05, 4.69) is 16.3 Å². The van der Waals surface area contributed by atoms with Gasteiger partial charge < -0.3 is 9.84 Å². The summed E-state index contributed by atoms with van der Waals surface area (Å²) >= 11 is 1.01. The number of carbonyl (C=O) groups is 1. The number of esters is 1. The molecule has 1 unspecified atom stereocenters. The lowest BCUT2D eigenvalue weighted by Crippen LogP contribution is -2.16. The van der Waals surface area contributed by atoms with Crippen LogP contribution in [-0.2, 0) is 16.1 Å². The summed E-state index contributed by atoms with van der Waals surface area (Å²) in [4.78, 5) is 15.4. The molecule has 2 aromatic rings. The highest BCUT2D eigenvalue weighted by Crippen LogP contribution is 2.26. The molecule has 1 heterocycles. The van der Waals surface area contributed by atoms with Gasteiger partial charge in [0, 0.05) is 11.6 Å². The van der Waals surface area contributed by atoms with E-state index in [1.165, 1.54) is 11.6 Å². The first-order valence-corrected chi connectivity index (χ1v) is 7.07. The van der Waals surface area contributed by atoms with E-state index in [9.17, 15) is 31.9 Å². The number of nitrogens with zero attached hydrogens (tertiary/aromatic N) is 1. The summed E-state index contributed by atoms with van der Waals surface area (Å²) in [5.74, 6) is -12.1. The zero-order valence-electron chi connectivity index (χ0n) is 11.7. The lowest BCUT2D eigenvalue weighted by molar-refractivity contribution is -0.141. The number of aliphatic hydroxyl groups excluding tert-OH is 1. The molecule has 0 aliphatic heterocycles. The second-order valence-corrected chi connectivity index (χ2v) is 5.35. The zero-order chi connectivity index (χ0) is 18.0. The Labute approximate surface area is 135 Å². The van der Waals surface area contributed by atoms with E-state index >= 15 is 0 Å². The van der Waals surface area contributed by atoms with Crippen molar-refractivity contribution in [1.29, 1.82) is 0 Å². The summed E-state index contributed by atoms with van der Waals surface area (Å²) in [7, 11) is 0. The van der Waals surface area contributed by atoms with E-state index in [1.54, 1.807) is 0 Å². The standard InChI is InChI=1S/C14H8F5NO3S/c1-5(12(21)13-20-2-3-24-13)14(22)23-4-6-7(15)9(17)11(19)10(18)8(6)16/h2-3,12,21H,1,4H2. The fourth-order valence-corrected chi connectivity index (χ4v) is 2.29. The summed E-state index contributed by atoms with van der Waals surface area (Å²) in [6.07, 6.45) is -0.162. The number of aliphatic hydroxyl groups is 1. The number of ether oxygens (including phenoxy) is 1. The SMILES string of the molecule is C=C(C(=O)OCc1c(F)c(F)c(F)c(F)c1F)C(O)c1nccs1. The van der Waals surface area contributed by atoms with Gasteiger partial charge in [0.1, 0.15) is 17.7 Å². The van der Waals surface area contributed by atoms with Crippen molar-refractivity contribution in [2.24, 2.45) is 0 Å². The molecule has 1 N–H and O–H groups in total. The van der Waals surface area contributed by atoms with Gasteiger partial charge in [0.2, 0.25) is 5.82 Å². The van der Waals surface area contributed by atoms with Crippen molar-refractivity contribution >= 4 is 17.3 Å². The van der Waals surface area contributed by atoms with Gasteiger partial charge in [-0.15, -0.1) is 11.3 Å². The van der Waals surface area contributed by atoms with E-state index in [0.717, 1.165) is 11.3 Å². The quantitative estimate of drug-likeness (QED) is 0.291. The number of benzene rings is 1. The molecule has 10 heteroatoms. The van der Waals surface area contributed by atoms with Crippen LogP contribution in [0.2, 0.25) is 0 Å². The molecule has 0 aliphatic carbocycles. The zero-order valence-corrected chi connectivity index (χ0v) is 12.5. The molecule has 128 valence electrons. The summed E-state index contributed by atoms with van der Waals surface area (Å²) in [6, 6.07) is 0.